The quantitative estimate of drug-likeness (QED) is 0.775. The molecule has 5 nitrogen and oxygen atoms in total. The summed E-state index contributed by atoms with van der Waals surface area (Å²) in [5.41, 5.74) is -0.550. The summed E-state index contributed by atoms with van der Waals surface area (Å²) in [4.78, 5) is 14.3. The molecule has 0 aromatic heterocycles. The van der Waals surface area contributed by atoms with E-state index in [4.69, 9.17) is 4.74 Å². The van der Waals surface area contributed by atoms with Gasteiger partial charge in [0, 0.05) is 30.5 Å². The minimum absolute atomic E-state index is 0.0940. The maximum absolute atomic E-state index is 12.8. The molecule has 2 aliphatic heterocycles. The molecule has 0 aliphatic carbocycles. The van der Waals surface area contributed by atoms with Gasteiger partial charge in [0.25, 0.3) is 0 Å². The van der Waals surface area contributed by atoms with Crippen molar-refractivity contribution in [2.45, 2.75) is 56.3 Å². The van der Waals surface area contributed by atoms with Crippen LogP contribution in [0.5, 0.6) is 5.75 Å². The SMILES string of the molecule is O=C(OCc1ccccc1)N1C2CCC1CC(O)(c1ccccc1OC(F)(F)F)C2. The zero-order valence-corrected chi connectivity index (χ0v) is 16.1. The lowest BCUT2D eigenvalue weighted by atomic mass is 9.80. The first-order valence-electron chi connectivity index (χ1n) is 9.82. The van der Waals surface area contributed by atoms with Gasteiger partial charge in [-0.1, -0.05) is 48.5 Å². The van der Waals surface area contributed by atoms with Crippen molar-refractivity contribution in [3.8, 4) is 5.75 Å². The minimum atomic E-state index is -4.85. The molecule has 2 fully saturated rings. The van der Waals surface area contributed by atoms with Crippen molar-refractivity contribution in [1.29, 1.82) is 0 Å². The van der Waals surface area contributed by atoms with Gasteiger partial charge in [-0.05, 0) is 24.5 Å². The van der Waals surface area contributed by atoms with Gasteiger partial charge in [-0.2, -0.15) is 0 Å². The second-order valence-corrected chi connectivity index (χ2v) is 7.82. The maximum Gasteiger partial charge on any atom is 0.573 e. The molecule has 2 atom stereocenters. The lowest BCUT2D eigenvalue weighted by Gasteiger charge is -2.43. The first-order chi connectivity index (χ1) is 14.3. The molecular weight excluding hydrogens is 399 g/mol. The third-order valence-corrected chi connectivity index (χ3v) is 5.80. The molecule has 2 aliphatic rings. The summed E-state index contributed by atoms with van der Waals surface area (Å²) in [7, 11) is 0. The van der Waals surface area contributed by atoms with E-state index < -0.39 is 23.8 Å². The molecule has 2 aromatic carbocycles. The summed E-state index contributed by atoms with van der Waals surface area (Å²) in [5.74, 6) is -0.410. The van der Waals surface area contributed by atoms with Crippen molar-refractivity contribution in [3.63, 3.8) is 0 Å². The number of amides is 1. The van der Waals surface area contributed by atoms with E-state index in [9.17, 15) is 23.1 Å². The standard InChI is InChI=1S/C22H22F3NO4/c23-22(24,25)30-19-9-5-4-8-18(19)21(28)12-16-10-11-17(13-21)26(16)20(27)29-14-15-6-2-1-3-7-15/h1-9,16-17,28H,10-14H2. The highest BCUT2D eigenvalue weighted by atomic mass is 19.4. The number of benzene rings is 2. The predicted octanol–water partition coefficient (Wildman–Crippen LogP) is 4.74. The molecule has 0 saturated carbocycles. The highest BCUT2D eigenvalue weighted by Gasteiger charge is 2.51. The predicted molar refractivity (Wildman–Crippen MR) is 102 cm³/mol. The number of halogens is 3. The van der Waals surface area contributed by atoms with E-state index in [0.717, 1.165) is 5.56 Å². The average Bonchev–Trinajstić information content (AvgIpc) is 2.98. The van der Waals surface area contributed by atoms with Crippen LogP contribution in [0.3, 0.4) is 0 Å². The van der Waals surface area contributed by atoms with E-state index in [2.05, 4.69) is 4.74 Å². The molecule has 2 bridgehead atoms. The molecule has 0 radical (unpaired) electrons. The van der Waals surface area contributed by atoms with Gasteiger partial charge in [0.15, 0.2) is 0 Å². The van der Waals surface area contributed by atoms with Gasteiger partial charge in [-0.3, -0.25) is 0 Å². The van der Waals surface area contributed by atoms with E-state index >= 15 is 0 Å². The molecule has 8 heteroatoms. The van der Waals surface area contributed by atoms with Crippen LogP contribution in [0.25, 0.3) is 0 Å². The number of hydrogen-bond acceptors (Lipinski definition) is 4. The molecule has 4 rings (SSSR count). The zero-order valence-electron chi connectivity index (χ0n) is 16.1. The van der Waals surface area contributed by atoms with Crippen molar-refractivity contribution < 1.29 is 32.5 Å². The van der Waals surface area contributed by atoms with Crippen molar-refractivity contribution in [2.24, 2.45) is 0 Å². The Hall–Kier alpha value is -2.74. The van der Waals surface area contributed by atoms with Gasteiger partial charge in [-0.25, -0.2) is 4.79 Å². The molecule has 1 N–H and O–H groups in total. The minimum Gasteiger partial charge on any atom is -0.445 e. The fourth-order valence-electron chi connectivity index (χ4n) is 4.60. The number of para-hydroxylation sites is 1. The number of carbonyl (C=O) groups is 1. The average molecular weight is 421 g/mol. The molecule has 160 valence electrons. The Morgan fingerprint density at radius 2 is 1.63 bits per heavy atom. The monoisotopic (exact) mass is 421 g/mol. The van der Waals surface area contributed by atoms with Crippen LogP contribution in [0.2, 0.25) is 0 Å². The lowest BCUT2D eigenvalue weighted by Crippen LogP contribution is -2.52. The molecule has 2 unspecified atom stereocenters. The van der Waals surface area contributed by atoms with Crippen molar-refractivity contribution >= 4 is 6.09 Å². The largest absolute Gasteiger partial charge is 0.573 e. The van der Waals surface area contributed by atoms with E-state index in [1.807, 2.05) is 30.3 Å². The number of rotatable bonds is 4. The van der Waals surface area contributed by atoms with Crippen LogP contribution in [0, 0.1) is 0 Å². The van der Waals surface area contributed by atoms with Gasteiger partial charge in [0.2, 0.25) is 0 Å². The Labute approximate surface area is 172 Å². The van der Waals surface area contributed by atoms with Gasteiger partial charge in [-0.15, -0.1) is 13.2 Å². The summed E-state index contributed by atoms with van der Waals surface area (Å²) in [6.07, 6.45) is -3.74. The van der Waals surface area contributed by atoms with Gasteiger partial charge in [0.1, 0.15) is 12.4 Å². The van der Waals surface area contributed by atoms with E-state index in [1.54, 1.807) is 11.0 Å². The second kappa shape index (κ2) is 7.83. The number of alkyl halides is 3. The topological polar surface area (TPSA) is 59.0 Å². The third-order valence-electron chi connectivity index (χ3n) is 5.80. The zero-order chi connectivity index (χ0) is 21.4. The molecule has 2 heterocycles. The Morgan fingerprint density at radius 1 is 1.03 bits per heavy atom. The third kappa shape index (κ3) is 4.23. The molecule has 1 amide bonds. The number of fused-ring (bicyclic) bond motifs is 2. The summed E-state index contributed by atoms with van der Waals surface area (Å²) in [6.45, 7) is 0.141. The van der Waals surface area contributed by atoms with Crippen molar-refractivity contribution in [3.05, 3.63) is 65.7 Å². The number of nitrogens with zero attached hydrogens (tertiary/aromatic N) is 1. The second-order valence-electron chi connectivity index (χ2n) is 7.82. The van der Waals surface area contributed by atoms with Crippen molar-refractivity contribution in [2.75, 3.05) is 0 Å². The number of aliphatic hydroxyl groups is 1. The molecule has 0 spiro atoms. The first-order valence-corrected chi connectivity index (χ1v) is 9.82. The number of carbonyl (C=O) groups excluding carboxylic acids is 1. The Morgan fingerprint density at radius 3 is 2.27 bits per heavy atom. The van der Waals surface area contributed by atoms with Crippen LogP contribution in [-0.2, 0) is 16.9 Å². The number of ether oxygens (including phenoxy) is 2. The summed E-state index contributed by atoms with van der Waals surface area (Å²) >= 11 is 0. The molecule has 2 aromatic rings. The van der Waals surface area contributed by atoms with Crippen LogP contribution in [0.15, 0.2) is 54.6 Å². The maximum atomic E-state index is 12.8. The fourth-order valence-corrected chi connectivity index (χ4v) is 4.60. The normalized spacial score (nSPS) is 25.8. The molecular formula is C22H22F3NO4. The van der Waals surface area contributed by atoms with Gasteiger partial charge < -0.3 is 19.5 Å². The van der Waals surface area contributed by atoms with Gasteiger partial charge in [0.05, 0.1) is 5.60 Å². The van der Waals surface area contributed by atoms with Crippen LogP contribution < -0.4 is 4.74 Å². The van der Waals surface area contributed by atoms with E-state index in [-0.39, 0.29) is 37.1 Å². The van der Waals surface area contributed by atoms with Gasteiger partial charge >= 0.3 is 12.5 Å². The highest BCUT2D eigenvalue weighted by Crippen LogP contribution is 2.48. The van der Waals surface area contributed by atoms with Crippen LogP contribution in [0.4, 0.5) is 18.0 Å². The number of piperidine rings is 1. The molecule has 2 saturated heterocycles. The highest BCUT2D eigenvalue weighted by molar-refractivity contribution is 5.69. The summed E-state index contributed by atoms with van der Waals surface area (Å²) in [5, 5.41) is 11.3. The first kappa shape index (κ1) is 20.5. The lowest BCUT2D eigenvalue weighted by molar-refractivity contribution is -0.275. The Balaban J connectivity index is 1.49. The van der Waals surface area contributed by atoms with Crippen LogP contribution in [0.1, 0.15) is 36.8 Å². The van der Waals surface area contributed by atoms with Crippen LogP contribution >= 0.6 is 0 Å². The molecule has 30 heavy (non-hydrogen) atoms. The van der Waals surface area contributed by atoms with E-state index in [0.29, 0.717) is 12.8 Å². The summed E-state index contributed by atoms with van der Waals surface area (Å²) in [6, 6.07) is 14.3. The Bertz CT molecular complexity index is 889. The summed E-state index contributed by atoms with van der Waals surface area (Å²) < 4.78 is 48.0. The van der Waals surface area contributed by atoms with Crippen molar-refractivity contribution in [1.82, 2.24) is 4.90 Å². The smallest absolute Gasteiger partial charge is 0.445 e. The fraction of sp³-hybridized carbons (Fsp3) is 0.409. The Kier molecular flexibility index (Phi) is 5.36. The van der Waals surface area contributed by atoms with E-state index in [1.165, 1.54) is 18.2 Å². The number of hydrogen-bond donors (Lipinski definition) is 1. The van der Waals surface area contributed by atoms with Crippen LogP contribution in [-0.4, -0.2) is 34.5 Å².